The Hall–Kier alpha value is -5.17. The molecule has 1 saturated carbocycles. The number of rotatable bonds is 9. The minimum Gasteiger partial charge on any atom is -0.455 e. The molecule has 0 spiro atoms. The van der Waals surface area contributed by atoms with Gasteiger partial charge in [-0.2, -0.15) is 5.10 Å². The number of carbonyl (C=O) groups excluding carboxylic acids is 2. The number of furan rings is 1. The summed E-state index contributed by atoms with van der Waals surface area (Å²) < 4.78 is 19.8. The van der Waals surface area contributed by atoms with E-state index in [0.717, 1.165) is 40.9 Å². The van der Waals surface area contributed by atoms with Gasteiger partial charge >= 0.3 is 0 Å². The third-order valence-corrected chi connectivity index (χ3v) is 8.64. The van der Waals surface area contributed by atoms with Crippen LogP contribution in [0.2, 0.25) is 0 Å². The first-order chi connectivity index (χ1) is 21.3. The Balaban J connectivity index is 1.21. The monoisotopic (exact) mass is 583 g/mol. The molecule has 0 bridgehead atoms. The molecule has 0 saturated heterocycles. The fourth-order valence-electron chi connectivity index (χ4n) is 5.90. The van der Waals surface area contributed by atoms with E-state index in [-0.39, 0.29) is 22.8 Å². The SMILES string of the molecule is CCC(=O)c1c(-c2ccc(F)cc2)oc2ccc(-c3cc(C(=O)CC4(c5nc(-c6ccccc6)n[nH]5)CC4)ccc3C)cc12. The highest BCUT2D eigenvalue weighted by atomic mass is 19.1. The third kappa shape index (κ3) is 4.94. The van der Waals surface area contributed by atoms with E-state index in [1.165, 1.54) is 12.1 Å². The van der Waals surface area contributed by atoms with Crippen LogP contribution in [-0.4, -0.2) is 26.7 Å². The summed E-state index contributed by atoms with van der Waals surface area (Å²) in [6.45, 7) is 3.82. The van der Waals surface area contributed by atoms with Gasteiger partial charge in [0, 0.05) is 40.3 Å². The predicted octanol–water partition coefficient (Wildman–Crippen LogP) is 8.90. The van der Waals surface area contributed by atoms with Gasteiger partial charge in [-0.25, -0.2) is 9.37 Å². The Morgan fingerprint density at radius 2 is 1.64 bits per heavy atom. The number of H-pyrrole nitrogens is 1. The quantitative estimate of drug-likeness (QED) is 0.172. The number of nitrogens with zero attached hydrogens (tertiary/aromatic N) is 2. The summed E-state index contributed by atoms with van der Waals surface area (Å²) in [5.41, 5.74) is 5.73. The van der Waals surface area contributed by atoms with Crippen LogP contribution in [0.5, 0.6) is 0 Å². The van der Waals surface area contributed by atoms with E-state index in [2.05, 4.69) is 10.2 Å². The molecule has 0 amide bonds. The van der Waals surface area contributed by atoms with E-state index in [1.54, 1.807) is 12.1 Å². The molecule has 1 fully saturated rings. The molecule has 1 N–H and O–H groups in total. The highest BCUT2D eigenvalue weighted by Gasteiger charge is 2.49. The number of nitrogens with one attached hydrogen (secondary N) is 1. The molecule has 2 heterocycles. The summed E-state index contributed by atoms with van der Waals surface area (Å²) in [5.74, 6) is 1.46. The number of aromatic amines is 1. The number of hydrogen-bond acceptors (Lipinski definition) is 5. The molecule has 6 nitrogen and oxygen atoms in total. The number of aromatic nitrogens is 3. The summed E-state index contributed by atoms with van der Waals surface area (Å²) >= 11 is 0. The highest BCUT2D eigenvalue weighted by Crippen LogP contribution is 2.50. The molecule has 7 heteroatoms. The van der Waals surface area contributed by atoms with Crippen LogP contribution in [0.25, 0.3) is 44.8 Å². The average molecular weight is 584 g/mol. The van der Waals surface area contributed by atoms with Crippen molar-refractivity contribution in [3.8, 4) is 33.8 Å². The van der Waals surface area contributed by atoms with E-state index >= 15 is 0 Å². The van der Waals surface area contributed by atoms with E-state index in [9.17, 15) is 14.0 Å². The summed E-state index contributed by atoms with van der Waals surface area (Å²) in [6.07, 6.45) is 2.40. The zero-order valence-corrected chi connectivity index (χ0v) is 24.5. The van der Waals surface area contributed by atoms with Crippen LogP contribution in [0.15, 0.2) is 95.4 Å². The number of carbonyl (C=O) groups is 2. The summed E-state index contributed by atoms with van der Waals surface area (Å²) in [4.78, 5) is 31.6. The number of fused-ring (bicyclic) bond motifs is 1. The van der Waals surface area contributed by atoms with Crippen molar-refractivity contribution in [1.29, 1.82) is 0 Å². The van der Waals surface area contributed by atoms with Crippen LogP contribution in [0.4, 0.5) is 4.39 Å². The van der Waals surface area contributed by atoms with Crippen molar-refractivity contribution < 1.29 is 18.4 Å². The number of hydrogen-bond donors (Lipinski definition) is 1. The molecule has 6 aromatic rings. The molecule has 0 unspecified atom stereocenters. The Bertz CT molecular complexity index is 2040. The molecule has 0 atom stereocenters. The molecule has 1 aliphatic carbocycles. The van der Waals surface area contributed by atoms with Crippen LogP contribution >= 0.6 is 0 Å². The van der Waals surface area contributed by atoms with Gasteiger partial charge in [0.1, 0.15) is 23.0 Å². The molecule has 2 aromatic heterocycles. The predicted molar refractivity (Wildman–Crippen MR) is 168 cm³/mol. The number of halogens is 1. The molecule has 0 aliphatic heterocycles. The Morgan fingerprint density at radius 3 is 2.36 bits per heavy atom. The van der Waals surface area contributed by atoms with Crippen LogP contribution < -0.4 is 0 Å². The Kier molecular flexibility index (Phi) is 6.81. The normalized spacial score (nSPS) is 13.7. The van der Waals surface area contributed by atoms with E-state index in [1.807, 2.05) is 80.6 Å². The van der Waals surface area contributed by atoms with Crippen molar-refractivity contribution in [2.24, 2.45) is 0 Å². The van der Waals surface area contributed by atoms with E-state index in [0.29, 0.717) is 52.1 Å². The topological polar surface area (TPSA) is 88.8 Å². The van der Waals surface area contributed by atoms with Gasteiger partial charge in [-0.1, -0.05) is 55.5 Å². The fourth-order valence-corrected chi connectivity index (χ4v) is 5.90. The van der Waals surface area contributed by atoms with Gasteiger partial charge in [-0.05, 0) is 78.9 Å². The first kappa shape index (κ1) is 27.7. The molecule has 218 valence electrons. The van der Waals surface area contributed by atoms with Crippen LogP contribution in [0.3, 0.4) is 0 Å². The first-order valence-electron chi connectivity index (χ1n) is 14.8. The largest absolute Gasteiger partial charge is 0.455 e. The summed E-state index contributed by atoms with van der Waals surface area (Å²) in [7, 11) is 0. The lowest BCUT2D eigenvalue weighted by atomic mass is 9.91. The molecule has 4 aromatic carbocycles. The molecule has 0 radical (unpaired) electrons. The molecular weight excluding hydrogens is 553 g/mol. The molecular formula is C37H30FN3O3. The number of Topliss-reactive ketones (excluding diaryl/α,β-unsaturated/α-hetero) is 2. The lowest BCUT2D eigenvalue weighted by Crippen LogP contribution is -2.15. The maximum atomic E-state index is 13.7. The lowest BCUT2D eigenvalue weighted by Gasteiger charge is -2.13. The molecule has 1 aliphatic rings. The zero-order valence-electron chi connectivity index (χ0n) is 24.5. The second-order valence-electron chi connectivity index (χ2n) is 11.6. The van der Waals surface area contributed by atoms with Crippen LogP contribution in [0.1, 0.15) is 64.7 Å². The van der Waals surface area contributed by atoms with Crippen molar-refractivity contribution in [2.45, 2.75) is 44.9 Å². The maximum absolute atomic E-state index is 13.7. The van der Waals surface area contributed by atoms with Crippen molar-refractivity contribution in [3.63, 3.8) is 0 Å². The summed E-state index contributed by atoms with van der Waals surface area (Å²) in [5, 5.41) is 8.21. The Morgan fingerprint density at radius 1 is 0.886 bits per heavy atom. The van der Waals surface area contributed by atoms with E-state index in [4.69, 9.17) is 9.40 Å². The van der Waals surface area contributed by atoms with Gasteiger partial charge in [0.25, 0.3) is 0 Å². The lowest BCUT2D eigenvalue weighted by molar-refractivity contribution is 0.0965. The van der Waals surface area contributed by atoms with Crippen LogP contribution in [0, 0.1) is 12.7 Å². The van der Waals surface area contributed by atoms with Gasteiger partial charge < -0.3 is 4.42 Å². The van der Waals surface area contributed by atoms with Gasteiger partial charge in [0.05, 0.1) is 5.56 Å². The van der Waals surface area contributed by atoms with Gasteiger partial charge in [0.2, 0.25) is 0 Å². The standard InChI is InChI=1S/C37H30FN3O3/c1-3-30(42)33-29-19-25(13-16-32(29)44-34(33)23-11-14-27(38)15-12-23)28-20-26(10-9-22(28)2)31(43)21-37(17-18-37)36-39-35(40-41-36)24-7-5-4-6-8-24/h4-16,19-20H,3,17-18,21H2,1-2H3,(H,39,40,41). The van der Waals surface area contributed by atoms with Crippen molar-refractivity contribution in [2.75, 3.05) is 0 Å². The van der Waals surface area contributed by atoms with E-state index < -0.39 is 0 Å². The average Bonchev–Trinajstić information content (AvgIpc) is 3.47. The minimum absolute atomic E-state index is 0.0475. The third-order valence-electron chi connectivity index (χ3n) is 8.64. The molecule has 44 heavy (non-hydrogen) atoms. The van der Waals surface area contributed by atoms with Gasteiger partial charge in [-0.15, -0.1) is 0 Å². The number of ketones is 2. The highest BCUT2D eigenvalue weighted by molar-refractivity contribution is 6.12. The van der Waals surface area contributed by atoms with Crippen molar-refractivity contribution in [3.05, 3.63) is 119 Å². The summed E-state index contributed by atoms with van der Waals surface area (Å²) in [6, 6.07) is 27.3. The second kappa shape index (κ2) is 10.8. The Labute approximate surface area is 254 Å². The van der Waals surface area contributed by atoms with Crippen molar-refractivity contribution in [1.82, 2.24) is 15.2 Å². The second-order valence-corrected chi connectivity index (χ2v) is 11.6. The fraction of sp³-hybridized carbons (Fsp3) is 0.189. The zero-order chi connectivity index (χ0) is 30.4. The molecule has 7 rings (SSSR count). The smallest absolute Gasteiger partial charge is 0.181 e. The van der Waals surface area contributed by atoms with Gasteiger partial charge in [0.15, 0.2) is 17.4 Å². The number of benzene rings is 4. The van der Waals surface area contributed by atoms with Crippen LogP contribution in [-0.2, 0) is 5.41 Å². The van der Waals surface area contributed by atoms with Gasteiger partial charge in [-0.3, -0.25) is 14.7 Å². The maximum Gasteiger partial charge on any atom is 0.181 e. The number of aryl methyl sites for hydroxylation is 1. The van der Waals surface area contributed by atoms with Crippen molar-refractivity contribution >= 4 is 22.5 Å². The first-order valence-corrected chi connectivity index (χ1v) is 14.8. The minimum atomic E-state index is -0.356.